The SMILES string of the molecule is CCN=C(N)Nc1ccc(NCc2ccccc2)c(CN)c1.Cl.Cl.Cl. The van der Waals surface area contributed by atoms with Gasteiger partial charge in [0.15, 0.2) is 5.96 Å². The molecule has 6 N–H and O–H groups in total. The van der Waals surface area contributed by atoms with Gasteiger partial charge in [-0.25, -0.2) is 0 Å². The highest BCUT2D eigenvalue weighted by Gasteiger charge is 2.04. The minimum atomic E-state index is 0. The monoisotopic (exact) mass is 405 g/mol. The average molecular weight is 407 g/mol. The normalized spacial score (nSPS) is 9.92. The van der Waals surface area contributed by atoms with Crippen molar-refractivity contribution in [2.24, 2.45) is 16.5 Å². The van der Waals surface area contributed by atoms with Crippen LogP contribution in [-0.2, 0) is 13.1 Å². The number of benzene rings is 2. The van der Waals surface area contributed by atoms with Crippen molar-refractivity contribution in [1.82, 2.24) is 0 Å². The van der Waals surface area contributed by atoms with E-state index in [1.807, 2.05) is 43.3 Å². The molecule has 2 aromatic carbocycles. The van der Waals surface area contributed by atoms with Crippen LogP contribution in [0.25, 0.3) is 0 Å². The van der Waals surface area contributed by atoms with Crippen LogP contribution in [-0.4, -0.2) is 12.5 Å². The Hall–Kier alpha value is -1.66. The predicted molar refractivity (Wildman–Crippen MR) is 116 cm³/mol. The Morgan fingerprint density at radius 3 is 2.32 bits per heavy atom. The third-order valence-corrected chi connectivity index (χ3v) is 3.25. The number of rotatable bonds is 6. The Morgan fingerprint density at radius 2 is 1.72 bits per heavy atom. The van der Waals surface area contributed by atoms with Gasteiger partial charge in [-0.2, -0.15) is 0 Å². The van der Waals surface area contributed by atoms with Crippen molar-refractivity contribution in [3.63, 3.8) is 0 Å². The first-order valence-electron chi connectivity index (χ1n) is 7.40. The summed E-state index contributed by atoms with van der Waals surface area (Å²) in [5.74, 6) is 0.412. The number of hydrogen-bond donors (Lipinski definition) is 4. The van der Waals surface area contributed by atoms with Crippen LogP contribution < -0.4 is 22.1 Å². The van der Waals surface area contributed by atoms with Crippen LogP contribution in [0.2, 0.25) is 0 Å². The fourth-order valence-corrected chi connectivity index (χ4v) is 2.16. The minimum Gasteiger partial charge on any atom is -0.381 e. The number of nitrogens with zero attached hydrogens (tertiary/aromatic N) is 1. The van der Waals surface area contributed by atoms with Crippen LogP contribution in [0.5, 0.6) is 0 Å². The zero-order valence-corrected chi connectivity index (χ0v) is 16.5. The van der Waals surface area contributed by atoms with E-state index in [0.29, 0.717) is 19.0 Å². The fraction of sp³-hybridized carbons (Fsp3) is 0.235. The highest BCUT2D eigenvalue weighted by Crippen LogP contribution is 2.21. The smallest absolute Gasteiger partial charge is 0.193 e. The third-order valence-electron chi connectivity index (χ3n) is 3.25. The standard InChI is InChI=1S/C17H23N5.3ClH/c1-2-20-17(19)22-15-8-9-16(14(10-15)11-18)21-12-13-6-4-3-5-7-13;;;/h3-10,21H,2,11-12,18H2,1H3,(H3,19,20,22);3*1H. The van der Waals surface area contributed by atoms with Crippen molar-refractivity contribution < 1.29 is 0 Å². The Kier molecular flexibility index (Phi) is 13.9. The lowest BCUT2D eigenvalue weighted by Gasteiger charge is -2.13. The van der Waals surface area contributed by atoms with Gasteiger partial charge >= 0.3 is 0 Å². The van der Waals surface area contributed by atoms with E-state index in [2.05, 4.69) is 27.8 Å². The van der Waals surface area contributed by atoms with Crippen LogP contribution >= 0.6 is 37.2 Å². The molecule has 2 rings (SSSR count). The van der Waals surface area contributed by atoms with E-state index < -0.39 is 0 Å². The average Bonchev–Trinajstić information content (AvgIpc) is 2.54. The quantitative estimate of drug-likeness (QED) is 0.434. The molecule has 0 unspecified atom stereocenters. The van der Waals surface area contributed by atoms with Gasteiger partial charge in [-0.3, -0.25) is 4.99 Å². The minimum absolute atomic E-state index is 0. The molecular formula is C17H26Cl3N5. The van der Waals surface area contributed by atoms with Crippen LogP contribution in [0.1, 0.15) is 18.1 Å². The Bertz CT molecular complexity index is 635. The molecule has 0 fully saturated rings. The molecule has 140 valence electrons. The molecule has 0 aliphatic rings. The van der Waals surface area contributed by atoms with Gasteiger partial charge in [-0.05, 0) is 36.2 Å². The van der Waals surface area contributed by atoms with Gasteiger partial charge < -0.3 is 22.1 Å². The summed E-state index contributed by atoms with van der Waals surface area (Å²) in [5.41, 5.74) is 15.8. The van der Waals surface area contributed by atoms with Gasteiger partial charge in [0.1, 0.15) is 0 Å². The zero-order chi connectivity index (χ0) is 15.8. The van der Waals surface area contributed by atoms with Crippen molar-refractivity contribution in [3.8, 4) is 0 Å². The number of anilines is 2. The maximum Gasteiger partial charge on any atom is 0.193 e. The van der Waals surface area contributed by atoms with E-state index in [0.717, 1.165) is 23.5 Å². The van der Waals surface area contributed by atoms with Gasteiger partial charge in [0, 0.05) is 31.0 Å². The first-order chi connectivity index (χ1) is 10.7. The zero-order valence-electron chi connectivity index (χ0n) is 14.1. The maximum atomic E-state index is 5.85. The number of aliphatic imine (C=N–C) groups is 1. The van der Waals surface area contributed by atoms with Crippen molar-refractivity contribution in [1.29, 1.82) is 0 Å². The van der Waals surface area contributed by atoms with Crippen LogP contribution in [0, 0.1) is 0 Å². The summed E-state index contributed by atoms with van der Waals surface area (Å²) in [6, 6.07) is 16.2. The molecule has 0 aliphatic carbocycles. The molecule has 5 nitrogen and oxygen atoms in total. The Labute approximate surface area is 167 Å². The molecule has 25 heavy (non-hydrogen) atoms. The molecule has 0 atom stereocenters. The second kappa shape index (κ2) is 13.6. The lowest BCUT2D eigenvalue weighted by atomic mass is 10.1. The number of hydrogen-bond acceptors (Lipinski definition) is 3. The van der Waals surface area contributed by atoms with Crippen molar-refractivity contribution >= 4 is 54.6 Å². The molecule has 0 aliphatic heterocycles. The Morgan fingerprint density at radius 1 is 1.04 bits per heavy atom. The molecule has 0 saturated heterocycles. The molecule has 0 bridgehead atoms. The molecule has 0 amide bonds. The van der Waals surface area contributed by atoms with Crippen LogP contribution in [0.4, 0.5) is 11.4 Å². The van der Waals surface area contributed by atoms with Crippen molar-refractivity contribution in [3.05, 3.63) is 59.7 Å². The highest BCUT2D eigenvalue weighted by atomic mass is 35.5. The largest absolute Gasteiger partial charge is 0.381 e. The summed E-state index contributed by atoms with van der Waals surface area (Å²) >= 11 is 0. The maximum absolute atomic E-state index is 5.85. The van der Waals surface area contributed by atoms with E-state index in [9.17, 15) is 0 Å². The van der Waals surface area contributed by atoms with E-state index in [1.54, 1.807) is 0 Å². The van der Waals surface area contributed by atoms with Gasteiger partial charge in [0.25, 0.3) is 0 Å². The van der Waals surface area contributed by atoms with E-state index in [-0.39, 0.29) is 37.2 Å². The van der Waals surface area contributed by atoms with Crippen molar-refractivity contribution in [2.45, 2.75) is 20.0 Å². The number of halogens is 3. The number of nitrogens with one attached hydrogen (secondary N) is 2. The summed E-state index contributed by atoms with van der Waals surface area (Å²) < 4.78 is 0. The fourth-order valence-electron chi connectivity index (χ4n) is 2.16. The second-order valence-corrected chi connectivity index (χ2v) is 4.90. The number of nitrogens with two attached hydrogens (primary N) is 2. The summed E-state index contributed by atoms with van der Waals surface area (Å²) in [7, 11) is 0. The molecule has 2 aromatic rings. The summed E-state index contributed by atoms with van der Waals surface area (Å²) in [6.07, 6.45) is 0. The Balaban J connectivity index is 0. The topological polar surface area (TPSA) is 88.5 Å². The van der Waals surface area contributed by atoms with Crippen molar-refractivity contribution in [2.75, 3.05) is 17.2 Å². The molecule has 0 aromatic heterocycles. The summed E-state index contributed by atoms with van der Waals surface area (Å²) in [4.78, 5) is 4.11. The van der Waals surface area contributed by atoms with Gasteiger partial charge in [0.2, 0.25) is 0 Å². The van der Waals surface area contributed by atoms with Gasteiger partial charge in [0.05, 0.1) is 0 Å². The molecule has 0 heterocycles. The lowest BCUT2D eigenvalue weighted by Crippen LogP contribution is -2.22. The summed E-state index contributed by atoms with van der Waals surface area (Å²) in [6.45, 7) is 3.81. The van der Waals surface area contributed by atoms with Gasteiger partial charge in [-0.15, -0.1) is 37.2 Å². The van der Waals surface area contributed by atoms with Crippen LogP contribution in [0.3, 0.4) is 0 Å². The molecule has 0 radical (unpaired) electrons. The molecule has 0 spiro atoms. The van der Waals surface area contributed by atoms with E-state index in [4.69, 9.17) is 11.5 Å². The molecular weight excluding hydrogens is 381 g/mol. The number of guanidine groups is 1. The summed E-state index contributed by atoms with van der Waals surface area (Å²) in [5, 5.41) is 6.48. The van der Waals surface area contributed by atoms with Crippen LogP contribution in [0.15, 0.2) is 53.5 Å². The van der Waals surface area contributed by atoms with E-state index >= 15 is 0 Å². The predicted octanol–water partition coefficient (Wildman–Crippen LogP) is 3.77. The lowest BCUT2D eigenvalue weighted by molar-refractivity contribution is 1.05. The highest BCUT2D eigenvalue weighted by molar-refractivity contribution is 5.92. The second-order valence-electron chi connectivity index (χ2n) is 4.90. The third kappa shape index (κ3) is 8.31. The van der Waals surface area contributed by atoms with E-state index in [1.165, 1.54) is 5.56 Å². The molecule has 0 saturated carbocycles. The molecule has 8 heteroatoms. The van der Waals surface area contributed by atoms with Gasteiger partial charge in [-0.1, -0.05) is 30.3 Å². The first kappa shape index (κ1) is 25.6. The first-order valence-corrected chi connectivity index (χ1v) is 7.40.